The largest absolute Gasteiger partial charge is 0.355 e. The molecule has 0 amide bonds. The molecule has 3 heteroatoms. The number of anilines is 1. The number of nitriles is 1. The van der Waals surface area contributed by atoms with Crippen LogP contribution in [0.3, 0.4) is 0 Å². The Bertz CT molecular complexity index is 768. The van der Waals surface area contributed by atoms with Crippen molar-refractivity contribution >= 4 is 16.5 Å². The normalized spacial score (nSPS) is 13.9. The maximum Gasteiger partial charge on any atom is 0.106 e. The standard InChI is InChI=1S/C17H15N3.C2H6/c1-12-11-19(3)13(2)20(12)17-9-8-14(10-18)15-6-4-5-7-16(15)17;1-2/h4-9H,1-2,11H2,3H3;1-2H3. The Morgan fingerprint density at radius 1 is 1.05 bits per heavy atom. The summed E-state index contributed by atoms with van der Waals surface area (Å²) in [6.45, 7) is 13.0. The molecule has 3 rings (SSSR count). The molecule has 0 saturated carbocycles. The summed E-state index contributed by atoms with van der Waals surface area (Å²) < 4.78 is 0. The van der Waals surface area contributed by atoms with Crippen LogP contribution in [0.15, 0.2) is 61.1 Å². The van der Waals surface area contributed by atoms with Crippen LogP contribution in [0.5, 0.6) is 0 Å². The predicted octanol–water partition coefficient (Wildman–Crippen LogP) is 4.47. The first-order chi connectivity index (χ1) is 10.6. The highest BCUT2D eigenvalue weighted by molar-refractivity contribution is 5.99. The van der Waals surface area contributed by atoms with Gasteiger partial charge in [-0.1, -0.05) is 51.3 Å². The van der Waals surface area contributed by atoms with Crippen LogP contribution < -0.4 is 4.90 Å². The SMILES string of the molecule is C=C1CN(C)C(=C)N1c1ccc(C#N)c2ccccc12.CC. The van der Waals surface area contributed by atoms with Gasteiger partial charge in [-0.2, -0.15) is 5.26 Å². The van der Waals surface area contributed by atoms with E-state index in [2.05, 4.69) is 29.0 Å². The Morgan fingerprint density at radius 3 is 2.23 bits per heavy atom. The van der Waals surface area contributed by atoms with Crippen LogP contribution in [-0.4, -0.2) is 18.5 Å². The van der Waals surface area contributed by atoms with Crippen LogP contribution in [-0.2, 0) is 0 Å². The topological polar surface area (TPSA) is 30.3 Å². The van der Waals surface area contributed by atoms with E-state index in [1.807, 2.05) is 57.3 Å². The van der Waals surface area contributed by atoms with Gasteiger partial charge in [-0.25, -0.2) is 0 Å². The van der Waals surface area contributed by atoms with Gasteiger partial charge in [0.05, 0.1) is 23.9 Å². The van der Waals surface area contributed by atoms with Gasteiger partial charge in [-0.3, -0.25) is 4.90 Å². The first kappa shape index (κ1) is 15.7. The number of likely N-dealkylation sites (N-methyl/N-ethyl adjacent to an activating group) is 1. The van der Waals surface area contributed by atoms with Crippen LogP contribution >= 0.6 is 0 Å². The second-order valence-electron chi connectivity index (χ2n) is 4.96. The Labute approximate surface area is 132 Å². The molecule has 2 aromatic carbocycles. The second-order valence-corrected chi connectivity index (χ2v) is 4.96. The number of fused-ring (bicyclic) bond motifs is 1. The molecule has 1 saturated heterocycles. The fourth-order valence-electron chi connectivity index (χ4n) is 2.67. The molecular weight excluding hydrogens is 270 g/mol. The molecule has 0 unspecified atom stereocenters. The lowest BCUT2D eigenvalue weighted by atomic mass is 10.0. The quantitative estimate of drug-likeness (QED) is 0.776. The molecule has 0 aromatic heterocycles. The predicted molar refractivity (Wildman–Crippen MR) is 93.4 cm³/mol. The van der Waals surface area contributed by atoms with Gasteiger partial charge in [-0.15, -0.1) is 0 Å². The third-order valence-electron chi connectivity index (χ3n) is 3.70. The third kappa shape index (κ3) is 2.44. The van der Waals surface area contributed by atoms with Crippen molar-refractivity contribution < 1.29 is 0 Å². The summed E-state index contributed by atoms with van der Waals surface area (Å²) in [5.41, 5.74) is 2.71. The number of rotatable bonds is 1. The minimum Gasteiger partial charge on any atom is -0.355 e. The molecule has 1 heterocycles. The molecule has 1 aliphatic heterocycles. The molecule has 112 valence electrons. The van der Waals surface area contributed by atoms with E-state index in [9.17, 15) is 5.26 Å². The maximum atomic E-state index is 9.23. The van der Waals surface area contributed by atoms with E-state index in [-0.39, 0.29) is 0 Å². The Balaban J connectivity index is 0.000000847. The molecule has 2 aromatic rings. The first-order valence-electron chi connectivity index (χ1n) is 7.43. The molecule has 22 heavy (non-hydrogen) atoms. The number of hydrogen-bond acceptors (Lipinski definition) is 3. The molecule has 0 radical (unpaired) electrons. The smallest absolute Gasteiger partial charge is 0.106 e. The summed E-state index contributed by atoms with van der Waals surface area (Å²) in [7, 11) is 2.00. The molecule has 0 aliphatic carbocycles. The number of benzene rings is 2. The average Bonchev–Trinajstić information content (AvgIpc) is 2.81. The van der Waals surface area contributed by atoms with Gasteiger partial charge in [0.15, 0.2) is 0 Å². The van der Waals surface area contributed by atoms with Gasteiger partial charge in [0.2, 0.25) is 0 Å². The summed E-state index contributed by atoms with van der Waals surface area (Å²) in [6.07, 6.45) is 0. The van der Waals surface area contributed by atoms with E-state index in [4.69, 9.17) is 0 Å². The van der Waals surface area contributed by atoms with E-state index in [1.54, 1.807) is 0 Å². The van der Waals surface area contributed by atoms with Crippen molar-refractivity contribution in [2.45, 2.75) is 13.8 Å². The van der Waals surface area contributed by atoms with Crippen LogP contribution in [0.4, 0.5) is 5.69 Å². The van der Waals surface area contributed by atoms with E-state index in [0.29, 0.717) is 5.56 Å². The average molecular weight is 291 g/mol. The highest BCUT2D eigenvalue weighted by Crippen LogP contribution is 2.36. The second kappa shape index (κ2) is 6.36. The first-order valence-corrected chi connectivity index (χ1v) is 7.43. The lowest BCUT2D eigenvalue weighted by Gasteiger charge is -2.23. The van der Waals surface area contributed by atoms with E-state index < -0.39 is 0 Å². The zero-order chi connectivity index (χ0) is 16.3. The zero-order valence-electron chi connectivity index (χ0n) is 13.4. The van der Waals surface area contributed by atoms with Crippen molar-refractivity contribution in [1.29, 1.82) is 5.26 Å². The summed E-state index contributed by atoms with van der Waals surface area (Å²) in [5.74, 6) is 0.907. The van der Waals surface area contributed by atoms with Crippen molar-refractivity contribution in [3.05, 3.63) is 66.6 Å². The summed E-state index contributed by atoms with van der Waals surface area (Å²) in [5, 5.41) is 11.2. The molecule has 0 bridgehead atoms. The van der Waals surface area contributed by atoms with Crippen LogP contribution in [0.2, 0.25) is 0 Å². The fraction of sp³-hybridized carbons (Fsp3) is 0.211. The molecule has 3 nitrogen and oxygen atoms in total. The van der Waals surface area contributed by atoms with E-state index in [1.165, 1.54) is 0 Å². The number of hydrogen-bond donors (Lipinski definition) is 0. The molecule has 1 fully saturated rings. The van der Waals surface area contributed by atoms with E-state index in [0.717, 1.165) is 34.5 Å². The van der Waals surface area contributed by atoms with Gasteiger partial charge in [0.1, 0.15) is 5.82 Å². The Morgan fingerprint density at radius 2 is 1.68 bits per heavy atom. The Hall–Kier alpha value is -2.73. The summed E-state index contributed by atoms with van der Waals surface area (Å²) >= 11 is 0. The molecule has 0 spiro atoms. The minimum atomic E-state index is 0.688. The van der Waals surface area contributed by atoms with E-state index >= 15 is 0 Å². The van der Waals surface area contributed by atoms with Crippen LogP contribution in [0.1, 0.15) is 19.4 Å². The summed E-state index contributed by atoms with van der Waals surface area (Å²) in [6, 6.07) is 14.0. The van der Waals surface area contributed by atoms with Crippen LogP contribution in [0.25, 0.3) is 10.8 Å². The molecular formula is C19H21N3. The zero-order valence-corrected chi connectivity index (χ0v) is 13.4. The van der Waals surface area contributed by atoms with Crippen molar-refractivity contribution in [2.75, 3.05) is 18.5 Å². The molecule has 1 aliphatic rings. The van der Waals surface area contributed by atoms with Gasteiger partial charge < -0.3 is 4.90 Å². The monoisotopic (exact) mass is 291 g/mol. The summed E-state index contributed by atoms with van der Waals surface area (Å²) in [4.78, 5) is 4.12. The fourth-order valence-corrected chi connectivity index (χ4v) is 2.67. The maximum absolute atomic E-state index is 9.23. The Kier molecular flexibility index (Phi) is 4.53. The highest BCUT2D eigenvalue weighted by atomic mass is 15.4. The van der Waals surface area contributed by atoms with Crippen molar-refractivity contribution in [2.24, 2.45) is 0 Å². The van der Waals surface area contributed by atoms with Gasteiger partial charge in [-0.05, 0) is 12.1 Å². The van der Waals surface area contributed by atoms with Crippen LogP contribution in [0, 0.1) is 11.3 Å². The van der Waals surface area contributed by atoms with Gasteiger partial charge in [0.25, 0.3) is 0 Å². The van der Waals surface area contributed by atoms with Gasteiger partial charge >= 0.3 is 0 Å². The minimum absolute atomic E-state index is 0.688. The number of nitrogens with zero attached hydrogens (tertiary/aromatic N) is 3. The molecule has 0 atom stereocenters. The third-order valence-corrected chi connectivity index (χ3v) is 3.70. The van der Waals surface area contributed by atoms with Gasteiger partial charge in [0, 0.05) is 23.5 Å². The van der Waals surface area contributed by atoms with Crippen molar-refractivity contribution in [1.82, 2.24) is 4.90 Å². The van der Waals surface area contributed by atoms with Crippen molar-refractivity contribution in [3.8, 4) is 6.07 Å². The molecule has 0 N–H and O–H groups in total. The lowest BCUT2D eigenvalue weighted by Crippen LogP contribution is -2.18. The van der Waals surface area contributed by atoms with Crippen molar-refractivity contribution in [3.63, 3.8) is 0 Å². The lowest BCUT2D eigenvalue weighted by molar-refractivity contribution is 0.498. The highest BCUT2D eigenvalue weighted by Gasteiger charge is 2.26.